The first-order valence-electron chi connectivity index (χ1n) is 7.50. The number of aromatic nitrogens is 1. The van der Waals surface area contributed by atoms with E-state index in [-0.39, 0.29) is 11.9 Å². The molecule has 3 rings (SSSR count). The maximum Gasteiger partial charge on any atom is 0.270 e. The van der Waals surface area contributed by atoms with Crippen molar-refractivity contribution in [1.82, 2.24) is 9.47 Å². The maximum atomic E-state index is 12.9. The van der Waals surface area contributed by atoms with E-state index >= 15 is 0 Å². The molecule has 0 radical (unpaired) electrons. The predicted octanol–water partition coefficient (Wildman–Crippen LogP) is 2.68. The first-order valence-corrected chi connectivity index (χ1v) is 7.88. The number of halogens is 1. The number of likely N-dealkylation sites (tertiary alicyclic amines) is 1. The number of carbonyl (C=O) groups is 1. The van der Waals surface area contributed by atoms with Crippen molar-refractivity contribution in [3.63, 3.8) is 0 Å². The molecule has 2 fully saturated rings. The lowest BCUT2D eigenvalue weighted by molar-refractivity contribution is 0.0521. The topological polar surface area (TPSA) is 51.3 Å². The highest BCUT2D eigenvalue weighted by molar-refractivity contribution is 6.31. The first kappa shape index (κ1) is 14.0. The van der Waals surface area contributed by atoms with Crippen LogP contribution >= 0.6 is 11.6 Å². The second-order valence-corrected chi connectivity index (χ2v) is 6.54. The van der Waals surface area contributed by atoms with Gasteiger partial charge in [0.2, 0.25) is 0 Å². The van der Waals surface area contributed by atoms with Crippen LogP contribution in [0.1, 0.15) is 49.1 Å². The minimum absolute atomic E-state index is 0.0887. The molecule has 1 aromatic heterocycles. The average molecular weight is 296 g/mol. The monoisotopic (exact) mass is 295 g/mol. The summed E-state index contributed by atoms with van der Waals surface area (Å²) in [5.74, 6) is 0.559. The van der Waals surface area contributed by atoms with E-state index < -0.39 is 0 Å². The predicted molar refractivity (Wildman–Crippen MR) is 80.0 cm³/mol. The quantitative estimate of drug-likeness (QED) is 0.932. The molecule has 2 heterocycles. The van der Waals surface area contributed by atoms with Crippen molar-refractivity contribution >= 4 is 17.5 Å². The van der Waals surface area contributed by atoms with Gasteiger partial charge in [0.15, 0.2) is 0 Å². The fourth-order valence-corrected chi connectivity index (χ4v) is 3.49. The van der Waals surface area contributed by atoms with Crippen LogP contribution in [0.15, 0.2) is 12.3 Å². The molecule has 0 spiro atoms. The molecule has 1 saturated heterocycles. The number of hydrogen-bond donors (Lipinski definition) is 1. The van der Waals surface area contributed by atoms with Crippen LogP contribution in [0.4, 0.5) is 0 Å². The van der Waals surface area contributed by atoms with E-state index in [0.29, 0.717) is 23.5 Å². The van der Waals surface area contributed by atoms with Crippen molar-refractivity contribution in [2.24, 2.45) is 11.7 Å². The summed E-state index contributed by atoms with van der Waals surface area (Å²) in [5, 5.41) is 0.648. The number of nitrogens with zero attached hydrogens (tertiary/aromatic N) is 2. The molecule has 0 bridgehead atoms. The average Bonchev–Trinajstić information content (AvgIpc) is 3.20. The Morgan fingerprint density at radius 2 is 2.20 bits per heavy atom. The molecule has 2 unspecified atom stereocenters. The zero-order valence-electron chi connectivity index (χ0n) is 11.9. The van der Waals surface area contributed by atoms with Gasteiger partial charge in [0, 0.05) is 31.4 Å². The SMILES string of the molecule is CC1CCCN(C(=O)c2cc(Cl)cn2C2CC2)C1CN. The third-order valence-electron chi connectivity index (χ3n) is 4.59. The Hall–Kier alpha value is -1.00. The molecule has 2 aliphatic rings. The standard InChI is InChI=1S/C15H22ClN3O/c1-10-3-2-6-18(14(10)8-17)15(20)13-7-11(16)9-19(13)12-4-5-12/h7,9-10,12,14H,2-6,8,17H2,1H3. The van der Waals surface area contributed by atoms with E-state index in [4.69, 9.17) is 17.3 Å². The summed E-state index contributed by atoms with van der Waals surface area (Å²) < 4.78 is 2.05. The second-order valence-electron chi connectivity index (χ2n) is 6.10. The largest absolute Gasteiger partial charge is 0.339 e. The Kier molecular flexibility index (Phi) is 3.78. The van der Waals surface area contributed by atoms with E-state index in [1.54, 1.807) is 6.07 Å². The van der Waals surface area contributed by atoms with Crippen molar-refractivity contribution in [3.8, 4) is 0 Å². The van der Waals surface area contributed by atoms with Gasteiger partial charge < -0.3 is 15.2 Å². The lowest BCUT2D eigenvalue weighted by Gasteiger charge is -2.39. The minimum Gasteiger partial charge on any atom is -0.339 e. The van der Waals surface area contributed by atoms with Gasteiger partial charge in [-0.15, -0.1) is 0 Å². The van der Waals surface area contributed by atoms with Crippen molar-refractivity contribution < 1.29 is 4.79 Å². The van der Waals surface area contributed by atoms with Crippen LogP contribution in [0.2, 0.25) is 5.02 Å². The highest BCUT2D eigenvalue weighted by Gasteiger charge is 2.34. The zero-order chi connectivity index (χ0) is 14.3. The summed E-state index contributed by atoms with van der Waals surface area (Å²) >= 11 is 6.10. The minimum atomic E-state index is 0.0887. The van der Waals surface area contributed by atoms with E-state index in [1.165, 1.54) is 0 Å². The van der Waals surface area contributed by atoms with Gasteiger partial charge in [-0.2, -0.15) is 0 Å². The molecule has 1 aliphatic carbocycles. The molecule has 1 amide bonds. The van der Waals surface area contributed by atoms with Gasteiger partial charge in [-0.3, -0.25) is 4.79 Å². The molecule has 1 aliphatic heterocycles. The van der Waals surface area contributed by atoms with Gasteiger partial charge in [-0.05, 0) is 37.7 Å². The van der Waals surface area contributed by atoms with E-state index in [0.717, 1.165) is 37.9 Å². The Morgan fingerprint density at radius 3 is 2.85 bits per heavy atom. The fraction of sp³-hybridized carbons (Fsp3) is 0.667. The van der Waals surface area contributed by atoms with Gasteiger partial charge in [0.1, 0.15) is 5.69 Å². The number of amides is 1. The molecule has 2 atom stereocenters. The fourth-order valence-electron chi connectivity index (χ4n) is 3.28. The van der Waals surface area contributed by atoms with Crippen LogP contribution in [0, 0.1) is 5.92 Å². The summed E-state index contributed by atoms with van der Waals surface area (Å²) in [4.78, 5) is 14.8. The Bertz CT molecular complexity index is 509. The third-order valence-corrected chi connectivity index (χ3v) is 4.80. The number of rotatable bonds is 3. The number of carbonyl (C=O) groups excluding carboxylic acids is 1. The summed E-state index contributed by atoms with van der Waals surface area (Å²) in [6.45, 7) is 3.52. The van der Waals surface area contributed by atoms with Gasteiger partial charge in [0.25, 0.3) is 5.91 Å². The van der Waals surface area contributed by atoms with E-state index in [9.17, 15) is 4.79 Å². The summed E-state index contributed by atoms with van der Waals surface area (Å²) in [7, 11) is 0. The molecule has 2 N–H and O–H groups in total. The molecule has 20 heavy (non-hydrogen) atoms. The first-order chi connectivity index (χ1) is 9.61. The molecule has 110 valence electrons. The van der Waals surface area contributed by atoms with Crippen LogP contribution < -0.4 is 5.73 Å². The Morgan fingerprint density at radius 1 is 1.45 bits per heavy atom. The van der Waals surface area contributed by atoms with Crippen molar-refractivity contribution in [1.29, 1.82) is 0 Å². The van der Waals surface area contributed by atoms with Crippen LogP contribution in [-0.4, -0.2) is 34.5 Å². The summed E-state index contributed by atoms with van der Waals surface area (Å²) in [6.07, 6.45) is 6.37. The van der Waals surface area contributed by atoms with Crippen LogP contribution in [-0.2, 0) is 0 Å². The van der Waals surface area contributed by atoms with Crippen LogP contribution in [0.5, 0.6) is 0 Å². The second kappa shape index (κ2) is 5.41. The zero-order valence-corrected chi connectivity index (χ0v) is 12.6. The van der Waals surface area contributed by atoms with E-state index in [1.807, 2.05) is 11.1 Å². The van der Waals surface area contributed by atoms with Crippen molar-refractivity contribution in [3.05, 3.63) is 23.0 Å². The molecule has 0 aromatic carbocycles. The molecule has 1 saturated carbocycles. The normalized spacial score (nSPS) is 26.9. The lowest BCUT2D eigenvalue weighted by Crippen LogP contribution is -2.51. The molecule has 5 heteroatoms. The molecule has 1 aromatic rings. The smallest absolute Gasteiger partial charge is 0.270 e. The van der Waals surface area contributed by atoms with Gasteiger partial charge in [0.05, 0.1) is 5.02 Å². The van der Waals surface area contributed by atoms with E-state index in [2.05, 4.69) is 11.5 Å². The number of nitrogens with two attached hydrogens (primary N) is 1. The third kappa shape index (κ3) is 2.47. The van der Waals surface area contributed by atoms with Gasteiger partial charge in [-0.25, -0.2) is 0 Å². The Balaban J connectivity index is 1.87. The van der Waals surface area contributed by atoms with Gasteiger partial charge >= 0.3 is 0 Å². The Labute approximate surface area is 124 Å². The van der Waals surface area contributed by atoms with Crippen LogP contribution in [0.3, 0.4) is 0 Å². The number of hydrogen-bond acceptors (Lipinski definition) is 2. The van der Waals surface area contributed by atoms with Crippen LogP contribution in [0.25, 0.3) is 0 Å². The number of piperidine rings is 1. The maximum absolute atomic E-state index is 12.9. The van der Waals surface area contributed by atoms with Gasteiger partial charge in [-0.1, -0.05) is 18.5 Å². The highest BCUT2D eigenvalue weighted by Crippen LogP contribution is 2.38. The molecular formula is C15H22ClN3O. The highest BCUT2D eigenvalue weighted by atomic mass is 35.5. The van der Waals surface area contributed by atoms with Crippen molar-refractivity contribution in [2.75, 3.05) is 13.1 Å². The molecular weight excluding hydrogens is 274 g/mol. The lowest BCUT2D eigenvalue weighted by atomic mass is 9.90. The molecule has 4 nitrogen and oxygen atoms in total. The summed E-state index contributed by atoms with van der Waals surface area (Å²) in [5.41, 5.74) is 6.62. The van der Waals surface area contributed by atoms with Crippen molar-refractivity contribution in [2.45, 2.75) is 44.7 Å². The summed E-state index contributed by atoms with van der Waals surface area (Å²) in [6, 6.07) is 2.41.